The van der Waals surface area contributed by atoms with Gasteiger partial charge in [0.05, 0.1) is 18.4 Å². The second-order valence-corrected chi connectivity index (χ2v) is 5.69. The summed E-state index contributed by atoms with van der Waals surface area (Å²) in [6.07, 6.45) is 5.36. The third-order valence-corrected chi connectivity index (χ3v) is 3.97. The van der Waals surface area contributed by atoms with Crippen LogP contribution < -0.4 is 11.1 Å². The molecule has 0 heterocycles. The standard InChI is InChI=1S/C16H22N2O3/c1-21-15(20)12-7-3-4-8-13(12)18-14(19)11-16(17)9-5-2-6-10-16/h3-4,7-8H,2,5-6,9-11,17H2,1H3,(H,18,19). The molecule has 0 radical (unpaired) electrons. The third kappa shape index (κ3) is 4.04. The summed E-state index contributed by atoms with van der Waals surface area (Å²) in [4.78, 5) is 23.9. The molecule has 1 fully saturated rings. The van der Waals surface area contributed by atoms with Gasteiger partial charge in [-0.15, -0.1) is 0 Å². The Balaban J connectivity index is 2.04. The summed E-state index contributed by atoms with van der Waals surface area (Å²) >= 11 is 0. The number of carbonyl (C=O) groups excluding carboxylic acids is 2. The molecular formula is C16H22N2O3. The van der Waals surface area contributed by atoms with Gasteiger partial charge in [-0.3, -0.25) is 4.79 Å². The molecule has 0 spiro atoms. The number of esters is 1. The molecule has 1 aliphatic carbocycles. The number of anilines is 1. The second-order valence-electron chi connectivity index (χ2n) is 5.69. The second kappa shape index (κ2) is 6.72. The van der Waals surface area contributed by atoms with Crippen LogP contribution in [0.5, 0.6) is 0 Å². The minimum atomic E-state index is -0.467. The van der Waals surface area contributed by atoms with Gasteiger partial charge in [0.1, 0.15) is 0 Å². The Labute approximate surface area is 124 Å². The SMILES string of the molecule is COC(=O)c1ccccc1NC(=O)CC1(N)CCCCC1. The van der Waals surface area contributed by atoms with Gasteiger partial charge in [0.2, 0.25) is 5.91 Å². The van der Waals surface area contributed by atoms with Gasteiger partial charge in [0.25, 0.3) is 0 Å². The zero-order chi connectivity index (χ0) is 15.3. The Bertz CT molecular complexity index is 522. The summed E-state index contributed by atoms with van der Waals surface area (Å²) in [5.41, 5.74) is 6.69. The summed E-state index contributed by atoms with van der Waals surface area (Å²) in [5.74, 6) is -0.623. The van der Waals surface area contributed by atoms with Crippen molar-refractivity contribution in [2.45, 2.75) is 44.1 Å². The van der Waals surface area contributed by atoms with E-state index in [0.717, 1.165) is 25.7 Å². The van der Waals surface area contributed by atoms with E-state index in [9.17, 15) is 9.59 Å². The van der Waals surface area contributed by atoms with Crippen LogP contribution in [-0.2, 0) is 9.53 Å². The first-order valence-electron chi connectivity index (χ1n) is 7.30. The van der Waals surface area contributed by atoms with Crippen molar-refractivity contribution < 1.29 is 14.3 Å². The largest absolute Gasteiger partial charge is 0.465 e. The lowest BCUT2D eigenvalue weighted by molar-refractivity contribution is -0.117. The van der Waals surface area contributed by atoms with Gasteiger partial charge in [-0.2, -0.15) is 0 Å². The van der Waals surface area contributed by atoms with Crippen molar-refractivity contribution >= 4 is 17.6 Å². The molecule has 0 saturated heterocycles. The number of rotatable bonds is 4. The minimum Gasteiger partial charge on any atom is -0.465 e. The fraction of sp³-hybridized carbons (Fsp3) is 0.500. The van der Waals surface area contributed by atoms with Gasteiger partial charge in [0, 0.05) is 12.0 Å². The maximum atomic E-state index is 12.2. The van der Waals surface area contributed by atoms with Crippen molar-refractivity contribution in [2.24, 2.45) is 5.73 Å². The van der Waals surface area contributed by atoms with Crippen LogP contribution in [0, 0.1) is 0 Å². The Morgan fingerprint density at radius 3 is 2.57 bits per heavy atom. The van der Waals surface area contributed by atoms with Gasteiger partial charge in [-0.05, 0) is 25.0 Å². The Morgan fingerprint density at radius 2 is 1.90 bits per heavy atom. The third-order valence-electron chi connectivity index (χ3n) is 3.97. The van der Waals surface area contributed by atoms with Gasteiger partial charge in [-0.1, -0.05) is 31.4 Å². The normalized spacial score (nSPS) is 17.0. The highest BCUT2D eigenvalue weighted by atomic mass is 16.5. The maximum absolute atomic E-state index is 12.2. The number of amides is 1. The van der Waals surface area contributed by atoms with Crippen molar-refractivity contribution in [2.75, 3.05) is 12.4 Å². The van der Waals surface area contributed by atoms with Crippen molar-refractivity contribution in [3.05, 3.63) is 29.8 Å². The molecule has 1 saturated carbocycles. The van der Waals surface area contributed by atoms with Gasteiger partial charge >= 0.3 is 5.97 Å². The Hall–Kier alpha value is -1.88. The van der Waals surface area contributed by atoms with E-state index < -0.39 is 11.5 Å². The van der Waals surface area contributed by atoms with Crippen LogP contribution in [0.25, 0.3) is 0 Å². The average molecular weight is 290 g/mol. The summed E-state index contributed by atoms with van der Waals surface area (Å²) in [7, 11) is 1.32. The summed E-state index contributed by atoms with van der Waals surface area (Å²) in [5, 5.41) is 2.78. The van der Waals surface area contributed by atoms with E-state index in [1.807, 2.05) is 0 Å². The average Bonchev–Trinajstić information content (AvgIpc) is 2.47. The molecule has 0 atom stereocenters. The van der Waals surface area contributed by atoms with E-state index in [2.05, 4.69) is 5.32 Å². The van der Waals surface area contributed by atoms with E-state index in [4.69, 9.17) is 10.5 Å². The number of nitrogens with one attached hydrogen (secondary N) is 1. The van der Waals surface area contributed by atoms with Crippen LogP contribution in [0.4, 0.5) is 5.69 Å². The Kier molecular flexibility index (Phi) is 4.96. The summed E-state index contributed by atoms with van der Waals surface area (Å²) in [6.45, 7) is 0. The van der Waals surface area contributed by atoms with Crippen molar-refractivity contribution in [3.63, 3.8) is 0 Å². The van der Waals surface area contributed by atoms with E-state index in [-0.39, 0.29) is 12.3 Å². The minimum absolute atomic E-state index is 0.157. The number of methoxy groups -OCH3 is 1. The molecule has 114 valence electrons. The fourth-order valence-electron chi connectivity index (χ4n) is 2.83. The number of para-hydroxylation sites is 1. The van der Waals surface area contributed by atoms with Gasteiger partial charge < -0.3 is 15.8 Å². The molecule has 5 nitrogen and oxygen atoms in total. The van der Waals surface area contributed by atoms with E-state index >= 15 is 0 Å². The molecule has 21 heavy (non-hydrogen) atoms. The number of nitrogens with two attached hydrogens (primary N) is 1. The van der Waals surface area contributed by atoms with E-state index in [1.165, 1.54) is 13.5 Å². The van der Waals surface area contributed by atoms with Crippen molar-refractivity contribution in [1.82, 2.24) is 0 Å². The number of carbonyl (C=O) groups is 2. The first-order chi connectivity index (χ1) is 10.0. The quantitative estimate of drug-likeness (QED) is 0.835. The zero-order valence-corrected chi connectivity index (χ0v) is 12.4. The monoisotopic (exact) mass is 290 g/mol. The first kappa shape index (κ1) is 15.5. The molecule has 1 aromatic rings. The van der Waals surface area contributed by atoms with Gasteiger partial charge in [0.15, 0.2) is 0 Å². The van der Waals surface area contributed by atoms with E-state index in [1.54, 1.807) is 24.3 Å². The molecule has 5 heteroatoms. The smallest absolute Gasteiger partial charge is 0.339 e. The lowest BCUT2D eigenvalue weighted by Crippen LogP contribution is -2.44. The molecule has 2 rings (SSSR count). The summed E-state index contributed by atoms with van der Waals surface area (Å²) in [6, 6.07) is 6.81. The predicted octanol–water partition coefficient (Wildman–Crippen LogP) is 2.46. The molecule has 0 unspecified atom stereocenters. The predicted molar refractivity (Wildman–Crippen MR) is 81.0 cm³/mol. The zero-order valence-electron chi connectivity index (χ0n) is 12.4. The van der Waals surface area contributed by atoms with Gasteiger partial charge in [-0.25, -0.2) is 4.79 Å². The fourth-order valence-corrected chi connectivity index (χ4v) is 2.83. The summed E-state index contributed by atoms with van der Waals surface area (Å²) < 4.78 is 4.71. The number of ether oxygens (including phenoxy) is 1. The molecule has 3 N–H and O–H groups in total. The molecule has 1 aromatic carbocycles. The Morgan fingerprint density at radius 1 is 1.24 bits per heavy atom. The lowest BCUT2D eigenvalue weighted by atomic mass is 9.80. The topological polar surface area (TPSA) is 81.4 Å². The van der Waals surface area contributed by atoms with Crippen molar-refractivity contribution in [1.29, 1.82) is 0 Å². The van der Waals surface area contributed by atoms with Crippen LogP contribution in [0.3, 0.4) is 0 Å². The highest BCUT2D eigenvalue weighted by Gasteiger charge is 2.30. The molecule has 0 bridgehead atoms. The molecule has 0 aromatic heterocycles. The highest BCUT2D eigenvalue weighted by molar-refractivity contribution is 6.01. The van der Waals surface area contributed by atoms with Crippen molar-refractivity contribution in [3.8, 4) is 0 Å². The van der Waals surface area contributed by atoms with Crippen LogP contribution in [0.1, 0.15) is 48.9 Å². The molecule has 0 aliphatic heterocycles. The van der Waals surface area contributed by atoms with Crippen LogP contribution in [-0.4, -0.2) is 24.5 Å². The van der Waals surface area contributed by atoms with Crippen LogP contribution >= 0.6 is 0 Å². The first-order valence-corrected chi connectivity index (χ1v) is 7.30. The number of hydrogen-bond acceptors (Lipinski definition) is 4. The molecular weight excluding hydrogens is 268 g/mol. The van der Waals surface area contributed by atoms with E-state index in [0.29, 0.717) is 11.3 Å². The molecule has 1 amide bonds. The number of hydrogen-bond donors (Lipinski definition) is 2. The lowest BCUT2D eigenvalue weighted by Gasteiger charge is -2.32. The van der Waals surface area contributed by atoms with Crippen LogP contribution in [0.15, 0.2) is 24.3 Å². The number of benzene rings is 1. The maximum Gasteiger partial charge on any atom is 0.339 e. The molecule has 1 aliphatic rings. The van der Waals surface area contributed by atoms with Crippen LogP contribution in [0.2, 0.25) is 0 Å². The highest BCUT2D eigenvalue weighted by Crippen LogP contribution is 2.29.